The lowest BCUT2D eigenvalue weighted by molar-refractivity contribution is 0.0959. The van der Waals surface area contributed by atoms with Crippen LogP contribution in [0.15, 0.2) is 60.8 Å². The third kappa shape index (κ3) is 4.72. The van der Waals surface area contributed by atoms with E-state index in [4.69, 9.17) is 5.73 Å². The minimum Gasteiger partial charge on any atom is -0.382 e. The van der Waals surface area contributed by atoms with E-state index in [9.17, 15) is 4.79 Å². The van der Waals surface area contributed by atoms with E-state index in [0.29, 0.717) is 5.69 Å². The molecule has 0 saturated carbocycles. The lowest BCUT2D eigenvalue weighted by atomic mass is 10.1. The zero-order chi connectivity index (χ0) is 19.9. The Labute approximate surface area is 165 Å². The molecule has 0 bridgehead atoms. The van der Waals surface area contributed by atoms with Crippen molar-refractivity contribution in [2.75, 3.05) is 19.3 Å². The average Bonchev–Trinajstić information content (AvgIpc) is 2.74. The van der Waals surface area contributed by atoms with Crippen molar-refractivity contribution >= 4 is 11.7 Å². The van der Waals surface area contributed by atoms with E-state index in [1.54, 1.807) is 13.2 Å². The van der Waals surface area contributed by atoms with Gasteiger partial charge in [-0.2, -0.15) is 0 Å². The first-order valence-electron chi connectivity index (χ1n) is 9.31. The van der Waals surface area contributed by atoms with Gasteiger partial charge < -0.3 is 11.1 Å². The van der Waals surface area contributed by atoms with Crippen LogP contribution in [-0.4, -0.2) is 34.4 Å². The van der Waals surface area contributed by atoms with Crippen molar-refractivity contribution in [3.05, 3.63) is 77.6 Å². The Hall–Kier alpha value is -3.25. The second-order valence-corrected chi connectivity index (χ2v) is 6.56. The number of amides is 1. The maximum Gasteiger partial charge on any atom is 0.273 e. The number of nitrogens with zero attached hydrogens (tertiary/aromatic N) is 3. The second-order valence-electron chi connectivity index (χ2n) is 6.56. The van der Waals surface area contributed by atoms with Crippen LogP contribution in [-0.2, 0) is 13.1 Å². The minimum atomic E-state index is -0.344. The normalized spacial score (nSPS) is 10.8. The predicted octanol–water partition coefficient (Wildman–Crippen LogP) is 3.11. The number of benzene rings is 2. The van der Waals surface area contributed by atoms with Crippen molar-refractivity contribution in [2.45, 2.75) is 20.0 Å². The molecule has 2 aromatic carbocycles. The molecule has 0 radical (unpaired) electrons. The first-order chi connectivity index (χ1) is 13.6. The summed E-state index contributed by atoms with van der Waals surface area (Å²) in [7, 11) is 1.54. The predicted molar refractivity (Wildman–Crippen MR) is 112 cm³/mol. The van der Waals surface area contributed by atoms with Crippen LogP contribution in [0.4, 0.5) is 5.82 Å². The lowest BCUT2D eigenvalue weighted by Crippen LogP contribution is -2.22. The summed E-state index contributed by atoms with van der Waals surface area (Å²) in [4.78, 5) is 22.9. The molecule has 0 saturated heterocycles. The van der Waals surface area contributed by atoms with Crippen LogP contribution in [0.1, 0.15) is 28.5 Å². The van der Waals surface area contributed by atoms with E-state index >= 15 is 0 Å². The number of rotatable bonds is 7. The summed E-state index contributed by atoms with van der Waals surface area (Å²) in [5.74, 6) is -0.220. The Morgan fingerprint density at radius 1 is 1.07 bits per heavy atom. The van der Waals surface area contributed by atoms with Crippen molar-refractivity contribution in [3.63, 3.8) is 0 Å². The Bertz CT molecular complexity index is 943. The summed E-state index contributed by atoms with van der Waals surface area (Å²) >= 11 is 0. The summed E-state index contributed by atoms with van der Waals surface area (Å²) in [6.07, 6.45) is 1.60. The van der Waals surface area contributed by atoms with Gasteiger partial charge >= 0.3 is 0 Å². The fourth-order valence-corrected chi connectivity index (χ4v) is 3.03. The Kier molecular flexibility index (Phi) is 6.34. The fraction of sp³-hybridized carbons (Fsp3) is 0.227. The number of hydrogen-bond donors (Lipinski definition) is 2. The molecule has 1 amide bonds. The van der Waals surface area contributed by atoms with Crippen molar-refractivity contribution in [1.82, 2.24) is 20.2 Å². The molecule has 0 aliphatic rings. The molecule has 3 rings (SSSR count). The Morgan fingerprint density at radius 3 is 2.50 bits per heavy atom. The molecule has 0 atom stereocenters. The number of hydrogen-bond acceptors (Lipinski definition) is 5. The lowest BCUT2D eigenvalue weighted by Gasteiger charge is -2.21. The highest BCUT2D eigenvalue weighted by Gasteiger charge is 2.13. The third-order valence-electron chi connectivity index (χ3n) is 4.57. The minimum absolute atomic E-state index is 0.124. The monoisotopic (exact) mass is 375 g/mol. The summed E-state index contributed by atoms with van der Waals surface area (Å²) in [6, 6.07) is 18.6. The molecule has 6 nitrogen and oxygen atoms in total. The van der Waals surface area contributed by atoms with E-state index in [2.05, 4.69) is 63.5 Å². The molecule has 3 N–H and O–H groups in total. The first-order valence-corrected chi connectivity index (χ1v) is 9.31. The molecule has 0 unspecified atom stereocenters. The van der Waals surface area contributed by atoms with Gasteiger partial charge in [0, 0.05) is 25.7 Å². The number of aromatic nitrogens is 2. The number of nitrogen functional groups attached to an aromatic ring is 1. The zero-order valence-corrected chi connectivity index (χ0v) is 16.2. The van der Waals surface area contributed by atoms with Gasteiger partial charge in [-0.15, -0.1) is 0 Å². The standard InChI is InChI=1S/C22H25N5O/c1-3-27(14-16-8-5-4-6-9-16)15-17-10-7-11-18(12-17)19-13-25-21(23)20(26-19)22(28)24-2/h4-13H,3,14-15H2,1-2H3,(H2,23,25)(H,24,28). The quantitative estimate of drug-likeness (QED) is 0.663. The van der Waals surface area contributed by atoms with Crippen molar-refractivity contribution < 1.29 is 4.79 Å². The molecule has 1 heterocycles. The van der Waals surface area contributed by atoms with Gasteiger partial charge in [0.25, 0.3) is 5.91 Å². The average molecular weight is 375 g/mol. The molecule has 0 fully saturated rings. The second kappa shape index (κ2) is 9.10. The van der Waals surface area contributed by atoms with Crippen molar-refractivity contribution in [3.8, 4) is 11.3 Å². The molecule has 3 aromatic rings. The topological polar surface area (TPSA) is 84.1 Å². The zero-order valence-electron chi connectivity index (χ0n) is 16.2. The van der Waals surface area contributed by atoms with Crippen LogP contribution < -0.4 is 11.1 Å². The highest BCUT2D eigenvalue weighted by Crippen LogP contribution is 2.21. The van der Waals surface area contributed by atoms with E-state index in [1.165, 1.54) is 11.1 Å². The largest absolute Gasteiger partial charge is 0.382 e. The fourth-order valence-electron chi connectivity index (χ4n) is 3.03. The molecule has 0 aliphatic carbocycles. The molecule has 144 valence electrons. The van der Waals surface area contributed by atoms with Gasteiger partial charge in [0.2, 0.25) is 0 Å². The van der Waals surface area contributed by atoms with Crippen LogP contribution >= 0.6 is 0 Å². The van der Waals surface area contributed by atoms with Gasteiger partial charge in [-0.05, 0) is 23.7 Å². The van der Waals surface area contributed by atoms with Crippen molar-refractivity contribution in [2.24, 2.45) is 0 Å². The van der Waals surface area contributed by atoms with Crippen LogP contribution in [0.5, 0.6) is 0 Å². The summed E-state index contributed by atoms with van der Waals surface area (Å²) in [5.41, 5.74) is 9.94. The summed E-state index contributed by atoms with van der Waals surface area (Å²) < 4.78 is 0. The molecular formula is C22H25N5O. The van der Waals surface area contributed by atoms with Gasteiger partial charge in [0.15, 0.2) is 11.5 Å². The molecular weight excluding hydrogens is 350 g/mol. The van der Waals surface area contributed by atoms with Crippen molar-refractivity contribution in [1.29, 1.82) is 0 Å². The van der Waals surface area contributed by atoms with Gasteiger partial charge in [-0.1, -0.05) is 55.5 Å². The third-order valence-corrected chi connectivity index (χ3v) is 4.57. The SMILES string of the molecule is CCN(Cc1ccccc1)Cc1cccc(-c2cnc(N)c(C(=O)NC)n2)c1. The number of carbonyl (C=O) groups excluding carboxylic acids is 1. The summed E-state index contributed by atoms with van der Waals surface area (Å²) in [5, 5.41) is 2.54. The van der Waals surface area contributed by atoms with Gasteiger partial charge in [0.1, 0.15) is 0 Å². The maximum absolute atomic E-state index is 11.9. The Balaban J connectivity index is 1.81. The highest BCUT2D eigenvalue weighted by molar-refractivity contribution is 5.96. The van der Waals surface area contributed by atoms with Gasteiger partial charge in [0.05, 0.1) is 11.9 Å². The highest BCUT2D eigenvalue weighted by atomic mass is 16.1. The molecule has 0 aliphatic heterocycles. The molecule has 1 aromatic heterocycles. The first kappa shape index (κ1) is 19.5. The van der Waals surface area contributed by atoms with Crippen LogP contribution in [0.25, 0.3) is 11.3 Å². The van der Waals surface area contributed by atoms with Crippen LogP contribution in [0.3, 0.4) is 0 Å². The molecule has 28 heavy (non-hydrogen) atoms. The Morgan fingerprint density at radius 2 is 1.79 bits per heavy atom. The van der Waals surface area contributed by atoms with Crippen LogP contribution in [0, 0.1) is 0 Å². The smallest absolute Gasteiger partial charge is 0.273 e. The summed E-state index contributed by atoms with van der Waals surface area (Å²) in [6.45, 7) is 4.82. The van der Waals surface area contributed by atoms with Gasteiger partial charge in [-0.3, -0.25) is 9.69 Å². The van der Waals surface area contributed by atoms with E-state index in [0.717, 1.165) is 25.2 Å². The molecule has 0 spiro atoms. The van der Waals surface area contributed by atoms with Gasteiger partial charge in [-0.25, -0.2) is 9.97 Å². The molecule has 6 heteroatoms. The van der Waals surface area contributed by atoms with E-state index < -0.39 is 0 Å². The van der Waals surface area contributed by atoms with E-state index in [1.807, 2.05) is 18.2 Å². The number of nitrogens with two attached hydrogens (primary N) is 1. The van der Waals surface area contributed by atoms with Crippen LogP contribution in [0.2, 0.25) is 0 Å². The number of anilines is 1. The number of nitrogens with one attached hydrogen (secondary N) is 1. The maximum atomic E-state index is 11.9. The number of carbonyl (C=O) groups is 1. The van der Waals surface area contributed by atoms with E-state index in [-0.39, 0.29) is 17.4 Å².